The van der Waals surface area contributed by atoms with Gasteiger partial charge in [-0.2, -0.15) is 0 Å². The standard InChI is InChI=1S/C13H14N2O4S/c1-15(2)11-5-4-8(20-11)6-9-10(7-12(16)18-3)14-19-13(9)17/h4-6H,7H2,1-3H3/b9-6-. The number of rotatable bonds is 4. The summed E-state index contributed by atoms with van der Waals surface area (Å²) in [6.07, 6.45) is 1.59. The van der Waals surface area contributed by atoms with E-state index < -0.39 is 11.9 Å². The van der Waals surface area contributed by atoms with Gasteiger partial charge in [-0.25, -0.2) is 4.79 Å². The highest BCUT2D eigenvalue weighted by Crippen LogP contribution is 2.27. The molecule has 0 bridgehead atoms. The molecule has 0 fully saturated rings. The Morgan fingerprint density at radius 3 is 2.85 bits per heavy atom. The minimum Gasteiger partial charge on any atom is -0.469 e. The van der Waals surface area contributed by atoms with Crippen molar-refractivity contribution in [2.45, 2.75) is 6.42 Å². The van der Waals surface area contributed by atoms with E-state index in [1.54, 1.807) is 6.08 Å². The molecule has 0 N–H and O–H groups in total. The van der Waals surface area contributed by atoms with Crippen LogP contribution in [0.25, 0.3) is 6.08 Å². The highest BCUT2D eigenvalue weighted by molar-refractivity contribution is 7.17. The van der Waals surface area contributed by atoms with Gasteiger partial charge in [0.25, 0.3) is 0 Å². The molecule has 1 aromatic heterocycles. The van der Waals surface area contributed by atoms with Gasteiger partial charge in [-0.15, -0.1) is 11.3 Å². The molecule has 20 heavy (non-hydrogen) atoms. The summed E-state index contributed by atoms with van der Waals surface area (Å²) in [5.74, 6) is -1.02. The largest absolute Gasteiger partial charge is 0.469 e. The third kappa shape index (κ3) is 3.05. The average molecular weight is 294 g/mol. The van der Waals surface area contributed by atoms with Crippen LogP contribution in [0.5, 0.6) is 0 Å². The number of esters is 1. The molecule has 0 saturated heterocycles. The molecule has 6 nitrogen and oxygen atoms in total. The van der Waals surface area contributed by atoms with Crippen molar-refractivity contribution in [3.63, 3.8) is 0 Å². The summed E-state index contributed by atoms with van der Waals surface area (Å²) in [7, 11) is 5.17. The van der Waals surface area contributed by atoms with Gasteiger partial charge in [0.15, 0.2) is 0 Å². The fourth-order valence-electron chi connectivity index (χ4n) is 1.59. The predicted octanol–water partition coefficient (Wildman–Crippen LogP) is 1.67. The SMILES string of the molecule is COC(=O)CC1=NOC(=O)/C1=C\c1ccc(N(C)C)s1. The van der Waals surface area contributed by atoms with Crippen LogP contribution in [0, 0.1) is 0 Å². The van der Waals surface area contributed by atoms with Crippen molar-refractivity contribution in [2.75, 3.05) is 26.1 Å². The van der Waals surface area contributed by atoms with Crippen LogP contribution in [0.3, 0.4) is 0 Å². The summed E-state index contributed by atoms with van der Waals surface area (Å²) >= 11 is 1.53. The lowest BCUT2D eigenvalue weighted by atomic mass is 10.1. The third-order valence-electron chi connectivity index (χ3n) is 2.65. The zero-order valence-corrected chi connectivity index (χ0v) is 12.2. The van der Waals surface area contributed by atoms with Gasteiger partial charge in [0.1, 0.15) is 5.71 Å². The van der Waals surface area contributed by atoms with Crippen LogP contribution in [0.2, 0.25) is 0 Å². The molecule has 0 unspecified atom stereocenters. The molecule has 2 heterocycles. The smallest absolute Gasteiger partial charge is 0.367 e. The molecule has 7 heteroatoms. The van der Waals surface area contributed by atoms with Crippen LogP contribution in [0.1, 0.15) is 11.3 Å². The predicted molar refractivity (Wildman–Crippen MR) is 76.8 cm³/mol. The number of anilines is 1. The summed E-state index contributed by atoms with van der Waals surface area (Å²) in [6.45, 7) is 0. The number of oxime groups is 1. The molecular weight excluding hydrogens is 280 g/mol. The van der Waals surface area contributed by atoms with E-state index in [0.29, 0.717) is 11.3 Å². The first-order valence-corrected chi connectivity index (χ1v) is 6.67. The molecule has 2 rings (SSSR count). The van der Waals surface area contributed by atoms with Crippen molar-refractivity contribution in [3.05, 3.63) is 22.6 Å². The second kappa shape index (κ2) is 5.87. The number of methoxy groups -OCH3 is 1. The number of ether oxygens (including phenoxy) is 1. The van der Waals surface area contributed by atoms with Gasteiger partial charge < -0.3 is 14.5 Å². The Morgan fingerprint density at radius 1 is 1.50 bits per heavy atom. The number of nitrogens with zero attached hydrogens (tertiary/aromatic N) is 2. The number of hydrogen-bond acceptors (Lipinski definition) is 7. The van der Waals surface area contributed by atoms with Crippen LogP contribution >= 0.6 is 11.3 Å². The molecule has 0 radical (unpaired) electrons. The molecule has 1 aliphatic rings. The zero-order valence-electron chi connectivity index (χ0n) is 11.4. The van der Waals surface area contributed by atoms with E-state index in [1.165, 1.54) is 18.4 Å². The molecule has 106 valence electrons. The van der Waals surface area contributed by atoms with E-state index in [2.05, 4.69) is 14.7 Å². The molecule has 0 aromatic carbocycles. The molecule has 1 aliphatic heterocycles. The molecule has 1 aromatic rings. The highest BCUT2D eigenvalue weighted by atomic mass is 32.1. The van der Waals surface area contributed by atoms with E-state index in [9.17, 15) is 9.59 Å². The van der Waals surface area contributed by atoms with Gasteiger partial charge in [0, 0.05) is 19.0 Å². The second-order valence-corrected chi connectivity index (χ2v) is 5.39. The van der Waals surface area contributed by atoms with E-state index in [4.69, 9.17) is 0 Å². The van der Waals surface area contributed by atoms with Crippen molar-refractivity contribution < 1.29 is 19.2 Å². The molecule has 0 amide bonds. The first-order chi connectivity index (χ1) is 9.51. The van der Waals surface area contributed by atoms with Crippen molar-refractivity contribution in [1.82, 2.24) is 0 Å². The zero-order chi connectivity index (χ0) is 14.7. The Hall–Kier alpha value is -2.15. The Kier molecular flexibility index (Phi) is 4.19. The first kappa shape index (κ1) is 14.3. The Balaban J connectivity index is 2.23. The van der Waals surface area contributed by atoms with Crippen LogP contribution in [-0.2, 0) is 19.2 Å². The quantitative estimate of drug-likeness (QED) is 0.480. The summed E-state index contributed by atoms with van der Waals surface area (Å²) in [5, 5.41) is 4.68. The number of hydrogen-bond donors (Lipinski definition) is 0. The Bertz CT molecular complexity index is 601. The first-order valence-electron chi connectivity index (χ1n) is 5.85. The molecule has 0 saturated carbocycles. The fraction of sp³-hybridized carbons (Fsp3) is 0.308. The summed E-state index contributed by atoms with van der Waals surface area (Å²) in [4.78, 5) is 30.4. The minimum absolute atomic E-state index is 0.0833. The lowest BCUT2D eigenvalue weighted by molar-refractivity contribution is -0.139. The van der Waals surface area contributed by atoms with E-state index in [-0.39, 0.29) is 6.42 Å². The highest BCUT2D eigenvalue weighted by Gasteiger charge is 2.27. The maximum Gasteiger partial charge on any atom is 0.367 e. The average Bonchev–Trinajstić information content (AvgIpc) is 3.00. The van der Waals surface area contributed by atoms with Gasteiger partial charge in [-0.3, -0.25) is 4.79 Å². The van der Waals surface area contributed by atoms with Gasteiger partial charge in [-0.05, 0) is 18.2 Å². The Morgan fingerprint density at radius 2 is 2.25 bits per heavy atom. The molecule has 0 aliphatic carbocycles. The minimum atomic E-state index is -0.552. The van der Waals surface area contributed by atoms with Crippen molar-refractivity contribution in [3.8, 4) is 0 Å². The summed E-state index contributed by atoms with van der Waals surface area (Å²) in [6, 6.07) is 3.85. The van der Waals surface area contributed by atoms with Gasteiger partial charge in [0.05, 0.1) is 24.1 Å². The summed E-state index contributed by atoms with van der Waals surface area (Å²) < 4.78 is 4.56. The molecule has 0 spiro atoms. The van der Waals surface area contributed by atoms with E-state index in [0.717, 1.165) is 9.88 Å². The number of carbonyl (C=O) groups is 2. The lowest BCUT2D eigenvalue weighted by Crippen LogP contribution is -2.11. The molecular formula is C13H14N2O4S. The normalized spacial score (nSPS) is 16.1. The van der Waals surface area contributed by atoms with Gasteiger partial charge in [0.2, 0.25) is 0 Å². The fourth-order valence-corrected chi connectivity index (χ4v) is 2.47. The number of carbonyl (C=O) groups excluding carboxylic acids is 2. The van der Waals surface area contributed by atoms with Gasteiger partial charge in [-0.1, -0.05) is 5.16 Å². The maximum atomic E-state index is 11.6. The van der Waals surface area contributed by atoms with Crippen LogP contribution in [0.15, 0.2) is 22.9 Å². The topological polar surface area (TPSA) is 68.2 Å². The van der Waals surface area contributed by atoms with Crippen LogP contribution < -0.4 is 4.90 Å². The number of thiophene rings is 1. The van der Waals surface area contributed by atoms with Gasteiger partial charge >= 0.3 is 11.9 Å². The van der Waals surface area contributed by atoms with Crippen LogP contribution in [-0.4, -0.2) is 38.9 Å². The second-order valence-electron chi connectivity index (χ2n) is 4.30. The van der Waals surface area contributed by atoms with Crippen LogP contribution in [0.4, 0.5) is 5.00 Å². The van der Waals surface area contributed by atoms with E-state index in [1.807, 2.05) is 31.1 Å². The van der Waals surface area contributed by atoms with Crippen molar-refractivity contribution >= 4 is 40.1 Å². The van der Waals surface area contributed by atoms with Crippen molar-refractivity contribution in [1.29, 1.82) is 0 Å². The summed E-state index contributed by atoms with van der Waals surface area (Å²) in [5.41, 5.74) is 0.587. The van der Waals surface area contributed by atoms with Crippen molar-refractivity contribution in [2.24, 2.45) is 5.16 Å². The monoisotopic (exact) mass is 294 g/mol. The third-order valence-corrected chi connectivity index (χ3v) is 3.85. The lowest BCUT2D eigenvalue weighted by Gasteiger charge is -2.06. The maximum absolute atomic E-state index is 11.6. The Labute approximate surface area is 120 Å². The molecule has 0 atom stereocenters. The van der Waals surface area contributed by atoms with E-state index >= 15 is 0 Å².